The maximum atomic E-state index is 12.5. The average Bonchev–Trinajstić information content (AvgIpc) is 2.15. The van der Waals surface area contributed by atoms with Gasteiger partial charge in [-0.3, -0.25) is 4.79 Å². The Kier molecular flexibility index (Phi) is 3.39. The van der Waals surface area contributed by atoms with Gasteiger partial charge in [0.05, 0.1) is 18.9 Å². The van der Waals surface area contributed by atoms with Crippen LogP contribution in [0, 0.1) is 11.8 Å². The first-order chi connectivity index (χ1) is 6.46. The van der Waals surface area contributed by atoms with E-state index < -0.39 is 24.0 Å². The molecule has 2 nitrogen and oxygen atoms in total. The minimum atomic E-state index is -4.28. The third-order valence-electron chi connectivity index (χ3n) is 2.69. The van der Waals surface area contributed by atoms with Crippen molar-refractivity contribution in [2.45, 2.75) is 31.9 Å². The van der Waals surface area contributed by atoms with Crippen LogP contribution in [0.1, 0.15) is 25.7 Å². The predicted molar refractivity (Wildman–Crippen MR) is 43.5 cm³/mol. The molecule has 1 fully saturated rings. The normalized spacial score (nSPS) is 28.6. The van der Waals surface area contributed by atoms with Gasteiger partial charge in [-0.25, -0.2) is 0 Å². The molecule has 0 saturated heterocycles. The van der Waals surface area contributed by atoms with Crippen LogP contribution >= 0.6 is 0 Å². The third-order valence-corrected chi connectivity index (χ3v) is 2.69. The summed E-state index contributed by atoms with van der Waals surface area (Å²) in [4.78, 5) is 11.1. The standard InChI is InChI=1S/C9H13F3O2/c1-14-8(13)6-4-2-3-5-7(6)9(10,11)12/h6-7H,2-5H2,1H3/t6-,7+/m0/s1. The van der Waals surface area contributed by atoms with Gasteiger partial charge < -0.3 is 4.74 Å². The molecule has 5 heteroatoms. The van der Waals surface area contributed by atoms with Gasteiger partial charge in [-0.15, -0.1) is 0 Å². The minimum absolute atomic E-state index is 0.0449. The number of halogens is 3. The molecule has 0 unspecified atom stereocenters. The third kappa shape index (κ3) is 2.39. The van der Waals surface area contributed by atoms with Crippen LogP contribution in [0.25, 0.3) is 0 Å². The Morgan fingerprint density at radius 3 is 2.36 bits per heavy atom. The maximum Gasteiger partial charge on any atom is 0.392 e. The number of carbonyl (C=O) groups is 1. The molecule has 0 bridgehead atoms. The molecule has 14 heavy (non-hydrogen) atoms. The van der Waals surface area contributed by atoms with Crippen molar-refractivity contribution in [1.29, 1.82) is 0 Å². The Morgan fingerprint density at radius 1 is 1.29 bits per heavy atom. The highest BCUT2D eigenvalue weighted by Gasteiger charge is 2.48. The fraction of sp³-hybridized carbons (Fsp3) is 0.889. The molecule has 0 aromatic heterocycles. The van der Waals surface area contributed by atoms with Gasteiger partial charge >= 0.3 is 12.1 Å². The van der Waals surface area contributed by atoms with E-state index in [1.54, 1.807) is 0 Å². The Bertz CT molecular complexity index is 213. The van der Waals surface area contributed by atoms with Crippen LogP contribution in [0.2, 0.25) is 0 Å². The summed E-state index contributed by atoms with van der Waals surface area (Å²) >= 11 is 0. The molecule has 0 N–H and O–H groups in total. The van der Waals surface area contributed by atoms with Crippen molar-refractivity contribution in [2.75, 3.05) is 7.11 Å². The number of alkyl halides is 3. The van der Waals surface area contributed by atoms with E-state index in [1.165, 1.54) is 0 Å². The molecule has 1 saturated carbocycles. The van der Waals surface area contributed by atoms with Crippen molar-refractivity contribution < 1.29 is 22.7 Å². The van der Waals surface area contributed by atoms with Crippen LogP contribution in [0.15, 0.2) is 0 Å². The van der Waals surface area contributed by atoms with Crippen molar-refractivity contribution in [2.24, 2.45) is 11.8 Å². The van der Waals surface area contributed by atoms with E-state index in [2.05, 4.69) is 4.74 Å². The van der Waals surface area contributed by atoms with E-state index in [4.69, 9.17) is 0 Å². The second-order valence-electron chi connectivity index (χ2n) is 3.56. The second kappa shape index (κ2) is 4.19. The summed E-state index contributed by atoms with van der Waals surface area (Å²) in [6, 6.07) is 0. The smallest absolute Gasteiger partial charge is 0.392 e. The van der Waals surface area contributed by atoms with Crippen molar-refractivity contribution in [1.82, 2.24) is 0 Å². The molecule has 1 rings (SSSR count). The predicted octanol–water partition coefficient (Wildman–Crippen LogP) is 2.53. The molecule has 0 aromatic rings. The van der Waals surface area contributed by atoms with Crippen LogP contribution in [0.4, 0.5) is 13.2 Å². The lowest BCUT2D eigenvalue weighted by Gasteiger charge is -2.30. The zero-order valence-electron chi connectivity index (χ0n) is 7.93. The number of carbonyl (C=O) groups excluding carboxylic acids is 1. The lowest BCUT2D eigenvalue weighted by atomic mass is 9.79. The maximum absolute atomic E-state index is 12.5. The minimum Gasteiger partial charge on any atom is -0.469 e. The fourth-order valence-electron chi connectivity index (χ4n) is 1.96. The van der Waals surface area contributed by atoms with E-state index >= 15 is 0 Å². The van der Waals surface area contributed by atoms with E-state index in [9.17, 15) is 18.0 Å². The van der Waals surface area contributed by atoms with Crippen LogP contribution < -0.4 is 0 Å². The van der Waals surface area contributed by atoms with Gasteiger partial charge in [0.25, 0.3) is 0 Å². The molecule has 0 spiro atoms. The monoisotopic (exact) mass is 210 g/mol. The first-order valence-electron chi connectivity index (χ1n) is 4.61. The quantitative estimate of drug-likeness (QED) is 0.621. The molecule has 0 radical (unpaired) electrons. The van der Waals surface area contributed by atoms with Gasteiger partial charge in [0.2, 0.25) is 0 Å². The SMILES string of the molecule is COC(=O)[C@H]1CCCC[C@H]1C(F)(F)F. The summed E-state index contributed by atoms with van der Waals surface area (Å²) in [7, 11) is 1.13. The van der Waals surface area contributed by atoms with E-state index in [0.29, 0.717) is 12.8 Å². The molecule has 0 aliphatic heterocycles. The van der Waals surface area contributed by atoms with Crippen molar-refractivity contribution in [3.63, 3.8) is 0 Å². The van der Waals surface area contributed by atoms with Crippen LogP contribution in [-0.4, -0.2) is 19.3 Å². The first kappa shape index (κ1) is 11.3. The lowest BCUT2D eigenvalue weighted by molar-refractivity contribution is -0.204. The average molecular weight is 210 g/mol. The van der Waals surface area contributed by atoms with E-state index in [0.717, 1.165) is 7.11 Å². The Hall–Kier alpha value is -0.740. The van der Waals surface area contributed by atoms with E-state index in [-0.39, 0.29) is 12.8 Å². The lowest BCUT2D eigenvalue weighted by Crippen LogP contribution is -2.37. The molecule has 1 aliphatic carbocycles. The summed E-state index contributed by atoms with van der Waals surface area (Å²) in [5.74, 6) is -3.23. The highest BCUT2D eigenvalue weighted by Crippen LogP contribution is 2.41. The highest BCUT2D eigenvalue weighted by molar-refractivity contribution is 5.72. The van der Waals surface area contributed by atoms with Gasteiger partial charge in [-0.1, -0.05) is 12.8 Å². The summed E-state index contributed by atoms with van der Waals surface area (Å²) in [6.45, 7) is 0. The van der Waals surface area contributed by atoms with Crippen LogP contribution in [-0.2, 0) is 9.53 Å². The molecule has 0 aromatic carbocycles. The van der Waals surface area contributed by atoms with Crippen molar-refractivity contribution in [3.05, 3.63) is 0 Å². The zero-order chi connectivity index (χ0) is 10.8. The molecule has 82 valence electrons. The summed E-state index contributed by atoms with van der Waals surface area (Å²) in [5, 5.41) is 0. The molecular formula is C9H13F3O2. The van der Waals surface area contributed by atoms with Gasteiger partial charge in [-0.05, 0) is 12.8 Å². The highest BCUT2D eigenvalue weighted by atomic mass is 19.4. The van der Waals surface area contributed by atoms with Crippen molar-refractivity contribution in [3.8, 4) is 0 Å². The van der Waals surface area contributed by atoms with Crippen LogP contribution in [0.5, 0.6) is 0 Å². The topological polar surface area (TPSA) is 26.3 Å². The fourth-order valence-corrected chi connectivity index (χ4v) is 1.96. The Balaban J connectivity index is 2.74. The van der Waals surface area contributed by atoms with Gasteiger partial charge in [0.15, 0.2) is 0 Å². The molecule has 1 aliphatic rings. The van der Waals surface area contributed by atoms with Gasteiger partial charge in [0.1, 0.15) is 0 Å². The number of esters is 1. The summed E-state index contributed by atoms with van der Waals surface area (Å²) in [5.41, 5.74) is 0. The second-order valence-corrected chi connectivity index (χ2v) is 3.56. The zero-order valence-corrected chi connectivity index (χ0v) is 7.93. The number of hydrogen-bond donors (Lipinski definition) is 0. The molecule has 2 atom stereocenters. The Morgan fingerprint density at radius 2 is 1.86 bits per heavy atom. The molecule has 0 amide bonds. The number of rotatable bonds is 1. The van der Waals surface area contributed by atoms with Crippen LogP contribution in [0.3, 0.4) is 0 Å². The number of methoxy groups -OCH3 is 1. The Labute approximate surface area is 80.4 Å². The first-order valence-corrected chi connectivity index (χ1v) is 4.61. The summed E-state index contributed by atoms with van der Waals surface area (Å²) < 4.78 is 41.8. The largest absolute Gasteiger partial charge is 0.469 e. The molecular weight excluding hydrogens is 197 g/mol. The van der Waals surface area contributed by atoms with Gasteiger partial charge in [-0.2, -0.15) is 13.2 Å². The summed E-state index contributed by atoms with van der Waals surface area (Å²) in [6.07, 6.45) is -2.73. The van der Waals surface area contributed by atoms with Crippen molar-refractivity contribution >= 4 is 5.97 Å². The number of hydrogen-bond acceptors (Lipinski definition) is 2. The molecule has 0 heterocycles. The van der Waals surface area contributed by atoms with Gasteiger partial charge in [0, 0.05) is 0 Å². The van der Waals surface area contributed by atoms with E-state index in [1.807, 2.05) is 0 Å². The number of ether oxygens (including phenoxy) is 1.